The van der Waals surface area contributed by atoms with Crippen LogP contribution >= 0.6 is 0 Å². The number of nitrogens with one attached hydrogen (secondary N) is 1. The number of rotatable bonds is 6. The maximum Gasteiger partial charge on any atom is 0.338 e. The molecule has 1 atom stereocenters. The molecule has 9 nitrogen and oxygen atoms in total. The SMILES string of the molecule is Cc1cc(NC(=O)C(C)OC(=O)c2ccc(CN3C(=O)c4ccccc4C3=O)cc2)on1. The molecule has 162 valence electrons. The van der Waals surface area contributed by atoms with Crippen LogP contribution in [-0.4, -0.2) is 39.9 Å². The lowest BCUT2D eigenvalue weighted by atomic mass is 10.1. The fourth-order valence-electron chi connectivity index (χ4n) is 3.24. The Bertz CT molecular complexity index is 1180. The van der Waals surface area contributed by atoms with Crippen molar-refractivity contribution in [2.75, 3.05) is 5.32 Å². The summed E-state index contributed by atoms with van der Waals surface area (Å²) in [7, 11) is 0. The number of ether oxygens (including phenoxy) is 1. The number of amides is 3. The van der Waals surface area contributed by atoms with Crippen LogP contribution in [-0.2, 0) is 16.1 Å². The van der Waals surface area contributed by atoms with Crippen LogP contribution in [0.25, 0.3) is 0 Å². The summed E-state index contributed by atoms with van der Waals surface area (Å²) in [5.74, 6) is -1.79. The maximum absolute atomic E-state index is 12.5. The number of carbonyl (C=O) groups is 4. The molecule has 4 rings (SSSR count). The third kappa shape index (κ3) is 4.13. The fraction of sp³-hybridized carbons (Fsp3) is 0.174. The predicted octanol–water partition coefficient (Wildman–Crippen LogP) is 2.96. The Labute approximate surface area is 182 Å². The molecule has 1 aliphatic rings. The molecule has 3 aromatic rings. The summed E-state index contributed by atoms with van der Waals surface area (Å²) in [6.07, 6.45) is -1.06. The summed E-state index contributed by atoms with van der Waals surface area (Å²) < 4.78 is 10.1. The first kappa shape index (κ1) is 21.0. The predicted molar refractivity (Wildman–Crippen MR) is 112 cm³/mol. The molecule has 0 bridgehead atoms. The smallest absolute Gasteiger partial charge is 0.338 e. The Kier molecular flexibility index (Phi) is 5.55. The first-order chi connectivity index (χ1) is 15.3. The molecular weight excluding hydrogens is 414 g/mol. The highest BCUT2D eigenvalue weighted by Crippen LogP contribution is 2.24. The van der Waals surface area contributed by atoms with Crippen LogP contribution in [0, 0.1) is 6.92 Å². The Morgan fingerprint density at radius 2 is 1.69 bits per heavy atom. The number of nitrogens with zero attached hydrogens (tertiary/aromatic N) is 2. The fourth-order valence-corrected chi connectivity index (χ4v) is 3.24. The van der Waals surface area contributed by atoms with Gasteiger partial charge in [-0.15, -0.1) is 0 Å². The Balaban J connectivity index is 1.36. The average Bonchev–Trinajstić information content (AvgIpc) is 3.30. The summed E-state index contributed by atoms with van der Waals surface area (Å²) in [5, 5.41) is 6.13. The summed E-state index contributed by atoms with van der Waals surface area (Å²) in [4.78, 5) is 50.6. The van der Waals surface area contributed by atoms with Crippen LogP contribution < -0.4 is 5.32 Å². The maximum atomic E-state index is 12.5. The van der Waals surface area contributed by atoms with Crippen LogP contribution in [0.5, 0.6) is 0 Å². The van der Waals surface area contributed by atoms with Crippen LogP contribution in [0.2, 0.25) is 0 Å². The molecule has 0 spiro atoms. The Hall–Kier alpha value is -4.27. The molecule has 32 heavy (non-hydrogen) atoms. The lowest BCUT2D eigenvalue weighted by Gasteiger charge is -2.15. The highest BCUT2D eigenvalue weighted by Gasteiger charge is 2.34. The highest BCUT2D eigenvalue weighted by molar-refractivity contribution is 6.21. The minimum absolute atomic E-state index is 0.0804. The van der Waals surface area contributed by atoms with Crippen molar-refractivity contribution in [1.82, 2.24) is 10.1 Å². The van der Waals surface area contributed by atoms with Crippen molar-refractivity contribution < 1.29 is 28.4 Å². The standard InChI is InChI=1S/C23H19N3O6/c1-13-11-19(32-25-13)24-20(27)14(2)31-23(30)16-9-7-15(8-10-16)12-26-21(28)17-5-3-4-6-18(17)22(26)29/h3-11,14H,12H2,1-2H3,(H,24,27). The molecule has 3 amide bonds. The number of aromatic nitrogens is 1. The van der Waals surface area contributed by atoms with E-state index in [-0.39, 0.29) is 29.8 Å². The highest BCUT2D eigenvalue weighted by atomic mass is 16.5. The minimum atomic E-state index is -1.06. The molecule has 1 aliphatic heterocycles. The van der Waals surface area contributed by atoms with Gasteiger partial charge in [-0.05, 0) is 43.7 Å². The van der Waals surface area contributed by atoms with E-state index in [0.717, 1.165) is 4.90 Å². The van der Waals surface area contributed by atoms with Gasteiger partial charge in [0.05, 0.1) is 28.9 Å². The number of hydrogen-bond acceptors (Lipinski definition) is 7. The van der Waals surface area contributed by atoms with Crippen molar-refractivity contribution in [1.29, 1.82) is 0 Å². The zero-order valence-corrected chi connectivity index (χ0v) is 17.3. The molecule has 0 radical (unpaired) electrons. The van der Waals surface area contributed by atoms with Crippen LogP contribution in [0.3, 0.4) is 0 Å². The van der Waals surface area contributed by atoms with E-state index in [2.05, 4.69) is 10.5 Å². The van der Waals surface area contributed by atoms with Gasteiger partial charge in [-0.2, -0.15) is 0 Å². The third-order valence-corrected chi connectivity index (χ3v) is 4.94. The first-order valence-corrected chi connectivity index (χ1v) is 9.83. The summed E-state index contributed by atoms with van der Waals surface area (Å²) in [6.45, 7) is 3.23. The van der Waals surface area contributed by atoms with Gasteiger partial charge in [0.1, 0.15) is 0 Å². The monoisotopic (exact) mass is 433 g/mol. The van der Waals surface area contributed by atoms with Crippen molar-refractivity contribution in [2.24, 2.45) is 0 Å². The van der Waals surface area contributed by atoms with Crippen molar-refractivity contribution >= 4 is 29.6 Å². The van der Waals surface area contributed by atoms with E-state index in [1.165, 1.54) is 19.1 Å². The second-order valence-electron chi connectivity index (χ2n) is 7.31. The first-order valence-electron chi connectivity index (χ1n) is 9.83. The molecule has 1 aromatic heterocycles. The quantitative estimate of drug-likeness (QED) is 0.469. The molecular formula is C23H19N3O6. The van der Waals surface area contributed by atoms with E-state index < -0.39 is 18.0 Å². The number of aryl methyl sites for hydroxylation is 1. The van der Waals surface area contributed by atoms with Gasteiger partial charge in [0.2, 0.25) is 5.88 Å². The van der Waals surface area contributed by atoms with Crippen molar-refractivity contribution in [3.63, 3.8) is 0 Å². The van der Waals surface area contributed by atoms with Gasteiger partial charge in [0.15, 0.2) is 6.10 Å². The van der Waals surface area contributed by atoms with Crippen molar-refractivity contribution in [2.45, 2.75) is 26.5 Å². The van der Waals surface area contributed by atoms with Crippen LogP contribution in [0.1, 0.15) is 49.3 Å². The molecule has 0 aliphatic carbocycles. The second-order valence-corrected chi connectivity index (χ2v) is 7.31. The zero-order valence-electron chi connectivity index (χ0n) is 17.3. The normalized spacial score (nSPS) is 13.6. The zero-order chi connectivity index (χ0) is 22.8. The molecule has 0 saturated heterocycles. The second kappa shape index (κ2) is 8.46. The number of hydrogen-bond donors (Lipinski definition) is 1. The number of carbonyl (C=O) groups excluding carboxylic acids is 4. The van der Waals surface area contributed by atoms with Gasteiger partial charge >= 0.3 is 5.97 Å². The van der Waals surface area contributed by atoms with Crippen LogP contribution in [0.4, 0.5) is 5.88 Å². The van der Waals surface area contributed by atoms with Gasteiger partial charge in [0, 0.05) is 6.07 Å². The summed E-state index contributed by atoms with van der Waals surface area (Å²) >= 11 is 0. The van der Waals surface area contributed by atoms with E-state index in [1.807, 2.05) is 0 Å². The number of esters is 1. The molecule has 9 heteroatoms. The Morgan fingerprint density at radius 1 is 1.06 bits per heavy atom. The average molecular weight is 433 g/mol. The third-order valence-electron chi connectivity index (χ3n) is 4.94. The molecule has 2 aromatic carbocycles. The van der Waals surface area contributed by atoms with E-state index in [0.29, 0.717) is 22.4 Å². The minimum Gasteiger partial charge on any atom is -0.449 e. The van der Waals surface area contributed by atoms with E-state index >= 15 is 0 Å². The van der Waals surface area contributed by atoms with Crippen molar-refractivity contribution in [3.05, 3.63) is 82.5 Å². The molecule has 0 saturated carbocycles. The van der Waals surface area contributed by atoms with E-state index in [4.69, 9.17) is 9.26 Å². The van der Waals surface area contributed by atoms with Crippen molar-refractivity contribution in [3.8, 4) is 0 Å². The number of fused-ring (bicyclic) bond motifs is 1. The summed E-state index contributed by atoms with van der Waals surface area (Å²) in [6, 6.07) is 14.5. The van der Waals surface area contributed by atoms with Gasteiger partial charge in [-0.1, -0.05) is 29.4 Å². The van der Waals surface area contributed by atoms with E-state index in [1.54, 1.807) is 49.4 Å². The lowest BCUT2D eigenvalue weighted by molar-refractivity contribution is -0.123. The molecule has 2 heterocycles. The largest absolute Gasteiger partial charge is 0.449 e. The van der Waals surface area contributed by atoms with Gasteiger partial charge < -0.3 is 9.26 Å². The lowest BCUT2D eigenvalue weighted by Crippen LogP contribution is -2.30. The van der Waals surface area contributed by atoms with Gasteiger partial charge in [-0.3, -0.25) is 24.6 Å². The molecule has 1 N–H and O–H groups in total. The van der Waals surface area contributed by atoms with Crippen LogP contribution in [0.15, 0.2) is 59.1 Å². The number of imide groups is 1. The van der Waals surface area contributed by atoms with Gasteiger partial charge in [0.25, 0.3) is 17.7 Å². The summed E-state index contributed by atoms with van der Waals surface area (Å²) in [5.41, 5.74) is 2.26. The molecule has 1 unspecified atom stereocenters. The molecule has 0 fully saturated rings. The number of benzene rings is 2. The van der Waals surface area contributed by atoms with E-state index in [9.17, 15) is 19.2 Å². The Morgan fingerprint density at radius 3 is 2.25 bits per heavy atom. The topological polar surface area (TPSA) is 119 Å². The number of anilines is 1. The van der Waals surface area contributed by atoms with Gasteiger partial charge in [-0.25, -0.2) is 4.79 Å².